The Morgan fingerprint density at radius 3 is 2.62 bits per heavy atom. The van der Waals surface area contributed by atoms with E-state index in [0.717, 1.165) is 0 Å². The molecule has 1 aromatic rings. The molecule has 0 saturated carbocycles. The Morgan fingerprint density at radius 1 is 1.48 bits per heavy atom. The van der Waals surface area contributed by atoms with Gasteiger partial charge in [0, 0.05) is 13.7 Å². The van der Waals surface area contributed by atoms with Crippen LogP contribution in [0.1, 0.15) is 16.8 Å². The maximum absolute atomic E-state index is 13.2. The number of nitro groups is 1. The molecular weight excluding hydrogens is 290 g/mol. The van der Waals surface area contributed by atoms with Crippen LogP contribution in [0.5, 0.6) is 0 Å². The van der Waals surface area contributed by atoms with E-state index in [0.29, 0.717) is 12.1 Å². The van der Waals surface area contributed by atoms with E-state index in [1.54, 1.807) is 0 Å². The van der Waals surface area contributed by atoms with E-state index in [1.807, 2.05) is 0 Å². The third-order valence-corrected chi connectivity index (χ3v) is 2.66. The minimum atomic E-state index is -1.41. The van der Waals surface area contributed by atoms with Crippen molar-refractivity contribution in [3.05, 3.63) is 39.4 Å². The number of nitrogens with one attached hydrogen (secondary N) is 1. The highest BCUT2D eigenvalue weighted by atomic mass is 19.2. The van der Waals surface area contributed by atoms with Crippen molar-refractivity contribution < 1.29 is 28.3 Å². The monoisotopic (exact) mass is 304 g/mol. The number of methoxy groups -OCH3 is 1. The highest BCUT2D eigenvalue weighted by Crippen LogP contribution is 2.22. The Hall–Kier alpha value is -2.13. The second-order valence-electron chi connectivity index (χ2n) is 4.18. The molecule has 1 atom stereocenters. The van der Waals surface area contributed by atoms with Crippen molar-refractivity contribution in [2.45, 2.75) is 12.5 Å². The Morgan fingerprint density at radius 2 is 2.10 bits per heavy atom. The van der Waals surface area contributed by atoms with E-state index in [1.165, 1.54) is 7.11 Å². The first-order valence-corrected chi connectivity index (χ1v) is 5.94. The summed E-state index contributed by atoms with van der Waals surface area (Å²) in [6.45, 7) is -0.183. The van der Waals surface area contributed by atoms with Gasteiger partial charge < -0.3 is 15.2 Å². The number of hydrogen-bond donors (Lipinski definition) is 2. The molecule has 0 spiro atoms. The molecule has 0 aliphatic rings. The van der Waals surface area contributed by atoms with Crippen LogP contribution in [-0.4, -0.2) is 42.3 Å². The summed E-state index contributed by atoms with van der Waals surface area (Å²) in [4.78, 5) is 21.8. The van der Waals surface area contributed by atoms with Crippen molar-refractivity contribution in [3.8, 4) is 0 Å². The first-order valence-electron chi connectivity index (χ1n) is 5.94. The fourth-order valence-corrected chi connectivity index (χ4v) is 1.69. The maximum atomic E-state index is 13.2. The minimum Gasteiger partial charge on any atom is -0.396 e. The number of rotatable bonds is 7. The van der Waals surface area contributed by atoms with Gasteiger partial charge in [0.2, 0.25) is 0 Å². The van der Waals surface area contributed by atoms with Gasteiger partial charge in [-0.15, -0.1) is 0 Å². The summed E-state index contributed by atoms with van der Waals surface area (Å²) in [7, 11) is 1.37. The molecule has 2 N–H and O–H groups in total. The van der Waals surface area contributed by atoms with Crippen LogP contribution in [0.15, 0.2) is 12.1 Å². The summed E-state index contributed by atoms with van der Waals surface area (Å²) in [6.07, 6.45) is 0.150. The van der Waals surface area contributed by atoms with Crippen LogP contribution in [-0.2, 0) is 4.74 Å². The summed E-state index contributed by atoms with van der Waals surface area (Å²) >= 11 is 0. The van der Waals surface area contributed by atoms with E-state index in [-0.39, 0.29) is 19.6 Å². The molecule has 116 valence electrons. The summed E-state index contributed by atoms with van der Waals surface area (Å²) in [5.74, 6) is -3.73. The summed E-state index contributed by atoms with van der Waals surface area (Å²) in [6, 6.07) is 0.202. The molecule has 0 radical (unpaired) electrons. The van der Waals surface area contributed by atoms with E-state index in [9.17, 15) is 23.7 Å². The van der Waals surface area contributed by atoms with Crippen LogP contribution >= 0.6 is 0 Å². The third kappa shape index (κ3) is 4.43. The molecule has 1 rings (SSSR count). The van der Waals surface area contributed by atoms with Gasteiger partial charge in [-0.3, -0.25) is 14.9 Å². The van der Waals surface area contributed by atoms with Crippen LogP contribution in [0.3, 0.4) is 0 Å². The maximum Gasteiger partial charge on any atom is 0.285 e. The number of hydrogen-bond acceptors (Lipinski definition) is 5. The zero-order valence-corrected chi connectivity index (χ0v) is 11.1. The van der Waals surface area contributed by atoms with Crippen molar-refractivity contribution in [1.29, 1.82) is 0 Å². The molecular formula is C12H14F2N2O5. The quantitative estimate of drug-likeness (QED) is 0.578. The highest BCUT2D eigenvalue weighted by molar-refractivity contribution is 5.98. The topological polar surface area (TPSA) is 102 Å². The Bertz CT molecular complexity index is 533. The van der Waals surface area contributed by atoms with E-state index in [2.05, 4.69) is 5.32 Å². The summed E-state index contributed by atoms with van der Waals surface area (Å²) < 4.78 is 31.0. The normalized spacial score (nSPS) is 12.0. The fraction of sp³-hybridized carbons (Fsp3) is 0.417. The van der Waals surface area contributed by atoms with Gasteiger partial charge in [-0.2, -0.15) is 0 Å². The van der Waals surface area contributed by atoms with Crippen molar-refractivity contribution in [3.63, 3.8) is 0 Å². The molecule has 0 bridgehead atoms. The van der Waals surface area contributed by atoms with Gasteiger partial charge in [0.25, 0.3) is 11.6 Å². The molecule has 1 aromatic carbocycles. The van der Waals surface area contributed by atoms with Gasteiger partial charge in [-0.05, 0) is 12.5 Å². The Labute approximate surface area is 118 Å². The zero-order valence-electron chi connectivity index (χ0n) is 11.1. The lowest BCUT2D eigenvalue weighted by molar-refractivity contribution is -0.385. The molecule has 0 aliphatic carbocycles. The molecule has 0 heterocycles. The van der Waals surface area contributed by atoms with Crippen LogP contribution in [0, 0.1) is 21.7 Å². The molecule has 9 heteroatoms. The Kier molecular flexibility index (Phi) is 6.12. The molecule has 0 saturated heterocycles. The number of ether oxygens (including phenoxy) is 1. The molecule has 21 heavy (non-hydrogen) atoms. The predicted octanol–water partition coefficient (Wildman–Crippen LogP) is 1.00. The smallest absolute Gasteiger partial charge is 0.285 e. The summed E-state index contributed by atoms with van der Waals surface area (Å²) in [5, 5.41) is 22.0. The molecule has 7 nitrogen and oxygen atoms in total. The number of aliphatic hydroxyl groups excluding tert-OH is 1. The second kappa shape index (κ2) is 7.60. The number of aliphatic hydroxyl groups is 1. The van der Waals surface area contributed by atoms with E-state index < -0.39 is 39.8 Å². The van der Waals surface area contributed by atoms with E-state index in [4.69, 9.17) is 9.84 Å². The van der Waals surface area contributed by atoms with Crippen LogP contribution in [0.2, 0.25) is 0 Å². The number of halogens is 2. The average molecular weight is 304 g/mol. The number of nitrogens with zero attached hydrogens (tertiary/aromatic N) is 1. The molecule has 0 aliphatic heterocycles. The molecule has 1 amide bonds. The van der Waals surface area contributed by atoms with Gasteiger partial charge in [0.1, 0.15) is 5.56 Å². The second-order valence-corrected chi connectivity index (χ2v) is 4.18. The fourth-order valence-electron chi connectivity index (χ4n) is 1.69. The highest BCUT2D eigenvalue weighted by Gasteiger charge is 2.25. The number of amides is 1. The minimum absolute atomic E-state index is 0.0593. The SMILES string of the molecule is COCC(CCO)NC(=O)c1cc(F)c(F)cc1[N+](=O)[O-]. The van der Waals surface area contributed by atoms with Gasteiger partial charge in [0.05, 0.1) is 23.6 Å². The first-order chi connectivity index (χ1) is 9.90. The number of carbonyl (C=O) groups excluding carboxylic acids is 1. The van der Waals surface area contributed by atoms with Crippen molar-refractivity contribution >= 4 is 11.6 Å². The van der Waals surface area contributed by atoms with Crippen molar-refractivity contribution in [2.24, 2.45) is 0 Å². The lowest BCUT2D eigenvalue weighted by Gasteiger charge is -2.16. The molecule has 0 aromatic heterocycles. The molecule has 1 unspecified atom stereocenters. The predicted molar refractivity (Wildman–Crippen MR) is 67.8 cm³/mol. The average Bonchev–Trinajstić information content (AvgIpc) is 2.41. The van der Waals surface area contributed by atoms with Gasteiger partial charge in [0.15, 0.2) is 11.6 Å². The Balaban J connectivity index is 3.05. The van der Waals surface area contributed by atoms with Crippen LogP contribution in [0.25, 0.3) is 0 Å². The number of benzene rings is 1. The first kappa shape index (κ1) is 16.9. The largest absolute Gasteiger partial charge is 0.396 e. The number of carbonyl (C=O) groups is 1. The molecule has 0 fully saturated rings. The van der Waals surface area contributed by atoms with Crippen molar-refractivity contribution in [2.75, 3.05) is 20.3 Å². The van der Waals surface area contributed by atoms with Gasteiger partial charge in [-0.25, -0.2) is 8.78 Å². The van der Waals surface area contributed by atoms with Crippen molar-refractivity contribution in [1.82, 2.24) is 5.32 Å². The van der Waals surface area contributed by atoms with Crippen LogP contribution in [0.4, 0.5) is 14.5 Å². The summed E-state index contributed by atoms with van der Waals surface area (Å²) in [5.41, 5.74) is -1.44. The number of nitro benzene ring substituents is 1. The van der Waals surface area contributed by atoms with E-state index >= 15 is 0 Å². The van der Waals surface area contributed by atoms with Gasteiger partial charge >= 0.3 is 0 Å². The zero-order chi connectivity index (χ0) is 16.0. The van der Waals surface area contributed by atoms with Gasteiger partial charge in [-0.1, -0.05) is 0 Å². The van der Waals surface area contributed by atoms with Crippen LogP contribution < -0.4 is 5.32 Å². The third-order valence-electron chi connectivity index (χ3n) is 2.66. The lowest BCUT2D eigenvalue weighted by Crippen LogP contribution is -2.39. The standard InChI is InChI=1S/C12H14F2N2O5/c1-21-6-7(2-3-17)15-12(18)8-4-9(13)10(14)5-11(8)16(19)20/h4-5,7,17H,2-3,6H2,1H3,(H,15,18). The lowest BCUT2D eigenvalue weighted by atomic mass is 10.1.